The molecule has 0 fully saturated rings. The van der Waals surface area contributed by atoms with Crippen molar-refractivity contribution in [2.45, 2.75) is 251 Å². The molecule has 0 saturated heterocycles. The van der Waals surface area contributed by atoms with Gasteiger partial charge in [-0.1, -0.05) is 227 Å². The average molecular weight is 1060 g/mol. The van der Waals surface area contributed by atoms with Crippen molar-refractivity contribution in [3.63, 3.8) is 0 Å². The smallest absolute Gasteiger partial charge is 0.462 e. The molecule has 0 radical (unpaired) electrons. The van der Waals surface area contributed by atoms with Crippen molar-refractivity contribution in [1.29, 1.82) is 0 Å². The van der Waals surface area contributed by atoms with Gasteiger partial charge < -0.3 is 24.2 Å². The lowest BCUT2D eigenvalue weighted by Gasteiger charge is -2.21. The molecule has 0 aromatic carbocycles. The highest BCUT2D eigenvalue weighted by Gasteiger charge is 2.28. The molecule has 3 unspecified atom stereocenters. The van der Waals surface area contributed by atoms with Crippen molar-refractivity contribution in [3.05, 3.63) is 97.2 Å². The maximum absolute atomic E-state index is 12.9. The van der Waals surface area contributed by atoms with Gasteiger partial charge in [0, 0.05) is 19.3 Å². The molecule has 424 valence electrons. The van der Waals surface area contributed by atoms with Gasteiger partial charge in [-0.05, 0) is 89.9 Å². The number of carbonyl (C=O) groups excluding carboxylic acids is 3. The fraction of sp³-hybridized carbons (Fsp3) is 0.694. The van der Waals surface area contributed by atoms with Gasteiger partial charge in [-0.25, -0.2) is 4.57 Å². The molecule has 0 aromatic heterocycles. The minimum atomic E-state index is -4.77. The summed E-state index contributed by atoms with van der Waals surface area (Å²) in [5, 5.41) is 9.81. The molecule has 0 rings (SSSR count). The summed E-state index contributed by atoms with van der Waals surface area (Å²) in [6.07, 6.45) is 65.1. The molecule has 0 aliphatic heterocycles. The highest BCUT2D eigenvalue weighted by Crippen LogP contribution is 2.43. The van der Waals surface area contributed by atoms with E-state index in [-0.39, 0.29) is 25.9 Å². The van der Waals surface area contributed by atoms with Crippen LogP contribution >= 0.6 is 7.82 Å². The Morgan fingerprint density at radius 2 is 0.716 bits per heavy atom. The molecule has 0 saturated carbocycles. The first kappa shape index (κ1) is 70.4. The van der Waals surface area contributed by atoms with Crippen LogP contribution in [0, 0.1) is 0 Å². The molecule has 11 nitrogen and oxygen atoms in total. The number of allylic oxidation sites excluding steroid dienone is 16. The monoisotopic (exact) mass is 1060 g/mol. The molecule has 0 aromatic rings. The maximum atomic E-state index is 12.9. The second-order valence-electron chi connectivity index (χ2n) is 19.0. The summed E-state index contributed by atoms with van der Waals surface area (Å²) in [4.78, 5) is 48.5. The molecule has 0 heterocycles. The molecule has 0 aliphatic carbocycles. The highest BCUT2D eigenvalue weighted by molar-refractivity contribution is 7.47. The maximum Gasteiger partial charge on any atom is 0.472 e. The van der Waals surface area contributed by atoms with Gasteiger partial charge in [0.1, 0.15) is 12.7 Å². The largest absolute Gasteiger partial charge is 0.472 e. The number of unbranched alkanes of at least 4 members (excludes halogenated alkanes) is 20. The van der Waals surface area contributed by atoms with Gasteiger partial charge in [-0.2, -0.15) is 0 Å². The van der Waals surface area contributed by atoms with E-state index >= 15 is 0 Å². The summed E-state index contributed by atoms with van der Waals surface area (Å²) < 4.78 is 39.5. The first-order chi connectivity index (χ1) is 36.2. The third-order valence-corrected chi connectivity index (χ3v) is 13.0. The zero-order chi connectivity index (χ0) is 54.1. The molecular formula is C62H105O11P. The number of phosphoric ester groups is 1. The molecular weight excluding hydrogens is 952 g/mol. The molecule has 74 heavy (non-hydrogen) atoms. The van der Waals surface area contributed by atoms with Crippen LogP contribution in [0.1, 0.15) is 239 Å². The summed E-state index contributed by atoms with van der Waals surface area (Å²) in [6, 6.07) is 0. The molecule has 0 amide bonds. The number of aliphatic hydroxyl groups excluding tert-OH is 1. The number of ether oxygens (including phenoxy) is 3. The van der Waals surface area contributed by atoms with Crippen LogP contribution in [0.5, 0.6) is 0 Å². The second kappa shape index (κ2) is 55.6. The van der Waals surface area contributed by atoms with Gasteiger partial charge in [0.25, 0.3) is 0 Å². The van der Waals surface area contributed by atoms with Crippen LogP contribution in [0.3, 0.4) is 0 Å². The normalized spacial score (nSPS) is 14.1. The standard InChI is InChI=1S/C62H105O11P/c1-4-7-10-13-16-19-22-25-28-29-32-35-38-41-44-47-50-53-62(66)73-59(55-69-60(64)51-48-45-42-39-36-33-30-26-23-20-17-14-11-8-5-2)57-71-74(67,68)70-56-58(54-63)72-61(65)52-49-46-43-40-37-34-31-27-24-21-18-15-12-9-6-3/h7,9-10,12,16,18-19,21,25,27-28,31-32,35,41,44,58-59,63H,4-6,8,11,13-15,17,20,22-24,26,29-30,33-34,36-40,42-43,45-57H2,1-3H3,(H,67,68)/b10-7-,12-9-,19-16-,21-18-,28-25-,31-27-,35-32-,44-41-. The molecule has 2 N–H and O–H groups in total. The van der Waals surface area contributed by atoms with Gasteiger partial charge in [0.2, 0.25) is 0 Å². The van der Waals surface area contributed by atoms with E-state index in [4.69, 9.17) is 23.3 Å². The Balaban J connectivity index is 4.82. The van der Waals surface area contributed by atoms with Crippen LogP contribution in [-0.2, 0) is 42.2 Å². The molecule has 3 atom stereocenters. The van der Waals surface area contributed by atoms with E-state index in [2.05, 4.69) is 106 Å². The predicted molar refractivity (Wildman–Crippen MR) is 307 cm³/mol. The second-order valence-corrected chi connectivity index (χ2v) is 20.5. The lowest BCUT2D eigenvalue weighted by molar-refractivity contribution is -0.161. The van der Waals surface area contributed by atoms with E-state index in [9.17, 15) is 28.9 Å². The highest BCUT2D eigenvalue weighted by atomic mass is 31.2. The first-order valence-corrected chi connectivity index (χ1v) is 30.6. The third-order valence-electron chi connectivity index (χ3n) is 12.0. The van der Waals surface area contributed by atoms with Crippen LogP contribution in [0.4, 0.5) is 0 Å². The summed E-state index contributed by atoms with van der Waals surface area (Å²) in [6.45, 7) is 4.34. The van der Waals surface area contributed by atoms with Gasteiger partial charge in [-0.3, -0.25) is 23.4 Å². The van der Waals surface area contributed by atoms with Gasteiger partial charge in [0.05, 0.1) is 19.8 Å². The van der Waals surface area contributed by atoms with E-state index in [1.165, 1.54) is 70.6 Å². The number of carbonyl (C=O) groups is 3. The molecule has 0 spiro atoms. The van der Waals surface area contributed by atoms with E-state index in [1.807, 2.05) is 12.2 Å². The Kier molecular flexibility index (Phi) is 52.9. The lowest BCUT2D eigenvalue weighted by atomic mass is 10.0. The summed E-state index contributed by atoms with van der Waals surface area (Å²) in [5.41, 5.74) is 0. The van der Waals surface area contributed by atoms with Crippen molar-refractivity contribution in [2.75, 3.05) is 26.4 Å². The van der Waals surface area contributed by atoms with E-state index < -0.39 is 57.8 Å². The van der Waals surface area contributed by atoms with Crippen LogP contribution < -0.4 is 0 Å². The first-order valence-electron chi connectivity index (χ1n) is 29.1. The summed E-state index contributed by atoms with van der Waals surface area (Å²) in [5.74, 6) is -1.55. The fourth-order valence-electron chi connectivity index (χ4n) is 7.64. The van der Waals surface area contributed by atoms with Gasteiger partial charge in [-0.15, -0.1) is 0 Å². The van der Waals surface area contributed by atoms with Crippen LogP contribution in [0.15, 0.2) is 97.2 Å². The third kappa shape index (κ3) is 53.2. The Hall–Kier alpha value is -3.60. The topological polar surface area (TPSA) is 155 Å². The number of aliphatic hydroxyl groups is 1. The zero-order valence-electron chi connectivity index (χ0n) is 46.8. The number of hydrogen-bond acceptors (Lipinski definition) is 10. The fourth-order valence-corrected chi connectivity index (χ4v) is 8.43. The Labute approximate surface area is 451 Å². The van der Waals surface area contributed by atoms with Crippen LogP contribution in [0.25, 0.3) is 0 Å². The van der Waals surface area contributed by atoms with E-state index in [0.717, 1.165) is 103 Å². The Morgan fingerprint density at radius 3 is 1.14 bits per heavy atom. The molecule has 0 bridgehead atoms. The molecule has 0 aliphatic rings. The summed E-state index contributed by atoms with van der Waals surface area (Å²) >= 11 is 0. The van der Waals surface area contributed by atoms with E-state index in [0.29, 0.717) is 25.7 Å². The van der Waals surface area contributed by atoms with Crippen LogP contribution in [0.2, 0.25) is 0 Å². The minimum absolute atomic E-state index is 0.0858. The zero-order valence-corrected chi connectivity index (χ0v) is 47.7. The van der Waals surface area contributed by atoms with Gasteiger partial charge >= 0.3 is 25.7 Å². The predicted octanol–water partition coefficient (Wildman–Crippen LogP) is 17.3. The molecule has 12 heteroatoms. The van der Waals surface area contributed by atoms with Crippen molar-refractivity contribution >= 4 is 25.7 Å². The SMILES string of the molecule is CC/C=C\C/C=C\C/C=C\C/C=C\C/C=C\CCCC(=O)OC(COC(=O)CCCCCCCCCCCCCCCCC)COP(=O)(O)OCC(CO)OC(=O)CCCCCCC/C=C\C/C=C\C/C=C\CC. The van der Waals surface area contributed by atoms with Crippen molar-refractivity contribution < 1.29 is 52.2 Å². The minimum Gasteiger partial charge on any atom is -0.462 e. The van der Waals surface area contributed by atoms with Gasteiger partial charge in [0.15, 0.2) is 6.10 Å². The number of rotatable bonds is 53. The van der Waals surface area contributed by atoms with E-state index in [1.54, 1.807) is 0 Å². The van der Waals surface area contributed by atoms with Crippen molar-refractivity contribution in [3.8, 4) is 0 Å². The Bertz CT molecular complexity index is 1610. The average Bonchev–Trinajstić information content (AvgIpc) is 3.39. The number of esters is 3. The summed E-state index contributed by atoms with van der Waals surface area (Å²) in [7, 11) is -4.77. The van der Waals surface area contributed by atoms with Crippen LogP contribution in [-0.4, -0.2) is 66.5 Å². The quantitative estimate of drug-likeness (QED) is 0.0197. The number of phosphoric acid groups is 1. The van der Waals surface area contributed by atoms with Crippen molar-refractivity contribution in [1.82, 2.24) is 0 Å². The lowest BCUT2D eigenvalue weighted by Crippen LogP contribution is -2.30. The van der Waals surface area contributed by atoms with Crippen molar-refractivity contribution in [2.24, 2.45) is 0 Å². The Morgan fingerprint density at radius 1 is 0.392 bits per heavy atom. The number of hydrogen-bond donors (Lipinski definition) is 2.